The van der Waals surface area contributed by atoms with Crippen LogP contribution >= 0.6 is 0 Å². The first-order valence-electron chi connectivity index (χ1n) is 4.86. The summed E-state index contributed by atoms with van der Waals surface area (Å²) in [5.74, 6) is 1.14. The number of hydrogen-bond acceptors (Lipinski definition) is 1. The van der Waals surface area contributed by atoms with Crippen LogP contribution in [0.25, 0.3) is 0 Å². The average Bonchev–Trinajstić information content (AvgIpc) is 2.44. The minimum Gasteiger partial charge on any atom is -0.490 e. The molecule has 1 atom stereocenters. The van der Waals surface area contributed by atoms with Crippen LogP contribution in [0.4, 0.5) is 0 Å². The Morgan fingerprint density at radius 3 is 2.62 bits per heavy atom. The molecule has 0 radical (unpaired) electrons. The number of rotatable bonds is 0. The Bertz CT molecular complexity index is 353. The highest BCUT2D eigenvalue weighted by Gasteiger charge is 2.23. The highest BCUT2D eigenvalue weighted by molar-refractivity contribution is 5.51. The minimum absolute atomic E-state index is 0.356. The van der Waals surface area contributed by atoms with Crippen molar-refractivity contribution in [1.82, 2.24) is 0 Å². The molecule has 1 aliphatic heterocycles. The van der Waals surface area contributed by atoms with Crippen LogP contribution in [0.2, 0.25) is 0 Å². The maximum atomic E-state index is 5.80. The van der Waals surface area contributed by atoms with Crippen molar-refractivity contribution in [2.45, 2.75) is 40.2 Å². The molecule has 1 heteroatoms. The van der Waals surface area contributed by atoms with Crippen molar-refractivity contribution in [3.8, 4) is 5.75 Å². The maximum Gasteiger partial charge on any atom is 0.126 e. The van der Waals surface area contributed by atoms with Crippen LogP contribution < -0.4 is 4.74 Å². The zero-order valence-electron chi connectivity index (χ0n) is 8.77. The first-order chi connectivity index (χ1) is 6.09. The van der Waals surface area contributed by atoms with Crippen LogP contribution in [-0.4, -0.2) is 6.10 Å². The Kier molecular flexibility index (Phi) is 1.83. The van der Waals surface area contributed by atoms with Gasteiger partial charge in [0.15, 0.2) is 0 Å². The first-order valence-corrected chi connectivity index (χ1v) is 4.86. The van der Waals surface area contributed by atoms with Crippen LogP contribution in [0.15, 0.2) is 6.07 Å². The molecule has 0 saturated carbocycles. The molecule has 0 fully saturated rings. The highest BCUT2D eigenvalue weighted by atomic mass is 16.5. The van der Waals surface area contributed by atoms with Gasteiger partial charge in [0.2, 0.25) is 0 Å². The van der Waals surface area contributed by atoms with Crippen LogP contribution in [0, 0.1) is 20.8 Å². The molecule has 0 spiro atoms. The van der Waals surface area contributed by atoms with E-state index in [2.05, 4.69) is 33.8 Å². The zero-order valence-corrected chi connectivity index (χ0v) is 8.77. The summed E-state index contributed by atoms with van der Waals surface area (Å²) in [6.07, 6.45) is 1.43. The van der Waals surface area contributed by atoms with Crippen molar-refractivity contribution in [3.05, 3.63) is 28.3 Å². The fraction of sp³-hybridized carbons (Fsp3) is 0.500. The predicted molar refractivity (Wildman–Crippen MR) is 54.4 cm³/mol. The monoisotopic (exact) mass is 176 g/mol. The van der Waals surface area contributed by atoms with Gasteiger partial charge in [0.05, 0.1) is 0 Å². The summed E-state index contributed by atoms with van der Waals surface area (Å²) in [6.45, 7) is 8.60. The van der Waals surface area contributed by atoms with Crippen LogP contribution in [0.5, 0.6) is 5.75 Å². The number of fused-ring (bicyclic) bond motifs is 1. The number of benzene rings is 1. The van der Waals surface area contributed by atoms with Gasteiger partial charge in [-0.2, -0.15) is 0 Å². The largest absolute Gasteiger partial charge is 0.490 e. The lowest BCUT2D eigenvalue weighted by atomic mass is 9.98. The van der Waals surface area contributed by atoms with E-state index in [1.807, 2.05) is 0 Å². The van der Waals surface area contributed by atoms with Gasteiger partial charge in [-0.05, 0) is 44.4 Å². The molecule has 0 saturated heterocycles. The Labute approximate surface area is 79.7 Å². The summed E-state index contributed by atoms with van der Waals surface area (Å²) in [5.41, 5.74) is 5.44. The molecule has 1 heterocycles. The van der Waals surface area contributed by atoms with Crippen LogP contribution in [0.3, 0.4) is 0 Å². The van der Waals surface area contributed by atoms with Crippen molar-refractivity contribution in [2.75, 3.05) is 0 Å². The Balaban J connectivity index is 2.62. The van der Waals surface area contributed by atoms with E-state index in [1.54, 1.807) is 0 Å². The predicted octanol–water partition coefficient (Wildman–Crippen LogP) is 2.94. The fourth-order valence-corrected chi connectivity index (χ4v) is 2.05. The summed E-state index contributed by atoms with van der Waals surface area (Å²) in [4.78, 5) is 0. The van der Waals surface area contributed by atoms with Crippen molar-refractivity contribution >= 4 is 0 Å². The lowest BCUT2D eigenvalue weighted by Gasteiger charge is -2.09. The fourth-order valence-electron chi connectivity index (χ4n) is 2.05. The zero-order chi connectivity index (χ0) is 9.59. The lowest BCUT2D eigenvalue weighted by Crippen LogP contribution is -2.05. The lowest BCUT2D eigenvalue weighted by molar-refractivity contribution is 0.253. The van der Waals surface area contributed by atoms with E-state index in [0.717, 1.165) is 12.2 Å². The van der Waals surface area contributed by atoms with Gasteiger partial charge in [-0.25, -0.2) is 0 Å². The van der Waals surface area contributed by atoms with E-state index >= 15 is 0 Å². The van der Waals surface area contributed by atoms with Gasteiger partial charge in [0.1, 0.15) is 11.9 Å². The van der Waals surface area contributed by atoms with Crippen molar-refractivity contribution < 1.29 is 4.74 Å². The van der Waals surface area contributed by atoms with Gasteiger partial charge in [-0.3, -0.25) is 0 Å². The average molecular weight is 176 g/mol. The van der Waals surface area contributed by atoms with Gasteiger partial charge < -0.3 is 4.74 Å². The molecule has 0 amide bonds. The normalized spacial score (nSPS) is 19.8. The van der Waals surface area contributed by atoms with E-state index in [-0.39, 0.29) is 0 Å². The Morgan fingerprint density at radius 2 is 1.92 bits per heavy atom. The first kappa shape index (κ1) is 8.61. The number of aryl methyl sites for hydroxylation is 2. The molecule has 0 N–H and O–H groups in total. The molecule has 0 aliphatic carbocycles. The molecule has 1 aromatic rings. The van der Waals surface area contributed by atoms with E-state index in [4.69, 9.17) is 4.74 Å². The molecule has 0 bridgehead atoms. The molecule has 0 aromatic heterocycles. The van der Waals surface area contributed by atoms with Crippen LogP contribution in [0.1, 0.15) is 29.2 Å². The topological polar surface area (TPSA) is 9.23 Å². The van der Waals surface area contributed by atoms with E-state index in [1.165, 1.54) is 22.3 Å². The third-order valence-electron chi connectivity index (χ3n) is 2.93. The van der Waals surface area contributed by atoms with Gasteiger partial charge in [0.25, 0.3) is 0 Å². The second-order valence-electron chi connectivity index (χ2n) is 4.08. The number of hydrogen-bond donors (Lipinski definition) is 0. The summed E-state index contributed by atoms with van der Waals surface area (Å²) in [6, 6.07) is 2.26. The van der Waals surface area contributed by atoms with E-state index < -0.39 is 0 Å². The highest BCUT2D eigenvalue weighted by Crippen LogP contribution is 2.36. The van der Waals surface area contributed by atoms with Gasteiger partial charge >= 0.3 is 0 Å². The third-order valence-corrected chi connectivity index (χ3v) is 2.93. The summed E-state index contributed by atoms with van der Waals surface area (Å²) >= 11 is 0. The molecule has 1 aromatic carbocycles. The van der Waals surface area contributed by atoms with Crippen molar-refractivity contribution in [2.24, 2.45) is 0 Å². The van der Waals surface area contributed by atoms with Crippen molar-refractivity contribution in [3.63, 3.8) is 0 Å². The van der Waals surface area contributed by atoms with E-state index in [9.17, 15) is 0 Å². The molecule has 1 aliphatic rings. The summed E-state index contributed by atoms with van der Waals surface area (Å²) in [5, 5.41) is 0. The Hall–Kier alpha value is -0.980. The molecule has 1 unspecified atom stereocenters. The maximum absolute atomic E-state index is 5.80. The molecule has 70 valence electrons. The standard InChI is InChI=1S/C12H16O/c1-7-5-8(2)11-6-9(3)13-12(11)10(7)4/h5,9H,6H2,1-4H3. The molecular formula is C12H16O. The van der Waals surface area contributed by atoms with Crippen molar-refractivity contribution in [1.29, 1.82) is 0 Å². The second-order valence-corrected chi connectivity index (χ2v) is 4.08. The molecule has 1 nitrogen and oxygen atoms in total. The second kappa shape index (κ2) is 2.76. The summed E-state index contributed by atoms with van der Waals surface area (Å²) < 4.78 is 5.80. The van der Waals surface area contributed by atoms with Gasteiger partial charge in [0, 0.05) is 12.0 Å². The smallest absolute Gasteiger partial charge is 0.126 e. The van der Waals surface area contributed by atoms with E-state index in [0.29, 0.717) is 6.10 Å². The third kappa shape index (κ3) is 1.23. The van der Waals surface area contributed by atoms with Gasteiger partial charge in [-0.1, -0.05) is 6.07 Å². The Morgan fingerprint density at radius 1 is 1.23 bits per heavy atom. The quantitative estimate of drug-likeness (QED) is 0.590. The minimum atomic E-state index is 0.356. The molecule has 2 rings (SSSR count). The molecule has 13 heavy (non-hydrogen) atoms. The number of ether oxygens (including phenoxy) is 1. The SMILES string of the molecule is Cc1cc(C)c2c(c1C)OC(C)C2. The van der Waals surface area contributed by atoms with Gasteiger partial charge in [-0.15, -0.1) is 0 Å². The summed E-state index contributed by atoms with van der Waals surface area (Å²) in [7, 11) is 0. The van der Waals surface area contributed by atoms with Crippen LogP contribution in [-0.2, 0) is 6.42 Å². The molecular weight excluding hydrogens is 160 g/mol.